The number of ether oxygens (including phenoxy) is 7. The Morgan fingerprint density at radius 2 is 1.07 bits per heavy atom. The Bertz CT molecular complexity index is 1700. The first kappa shape index (κ1) is 63.6. The van der Waals surface area contributed by atoms with Gasteiger partial charge in [0, 0.05) is 45.2 Å². The molecule has 0 aliphatic rings. The molecule has 1 aromatic carbocycles. The fraction of sp³-hybridized carbons (Fsp3) is 0.737. The lowest BCUT2D eigenvalue weighted by Crippen LogP contribution is -2.36. The first-order chi connectivity index (χ1) is 32.4. The third kappa shape index (κ3) is 28.3. The summed E-state index contributed by atoms with van der Waals surface area (Å²) >= 11 is 0. The maximum Gasteiger partial charge on any atom is 0.330 e. The Morgan fingerprint density at radius 3 is 1.57 bits per heavy atom. The number of ketones is 4. The van der Waals surface area contributed by atoms with Crippen molar-refractivity contribution in [3.05, 3.63) is 59.7 Å². The molecule has 0 saturated carbocycles. The summed E-state index contributed by atoms with van der Waals surface area (Å²) in [5.41, 5.74) is 0.913. The van der Waals surface area contributed by atoms with Crippen LogP contribution in [0.15, 0.2) is 48.6 Å². The van der Waals surface area contributed by atoms with Crippen molar-refractivity contribution in [2.24, 2.45) is 22.7 Å². The maximum absolute atomic E-state index is 13.0. The number of benzene rings is 1. The quantitative estimate of drug-likeness (QED) is 0.0455. The van der Waals surface area contributed by atoms with Gasteiger partial charge in [-0.1, -0.05) is 78.8 Å². The molecule has 0 aliphatic heterocycles. The van der Waals surface area contributed by atoms with Gasteiger partial charge in [-0.2, -0.15) is 0 Å². The molecule has 0 fully saturated rings. The van der Waals surface area contributed by atoms with Crippen LogP contribution in [0.4, 0.5) is 0 Å². The van der Waals surface area contributed by atoms with Crippen molar-refractivity contribution in [3.8, 4) is 0 Å². The van der Waals surface area contributed by atoms with Gasteiger partial charge in [0.25, 0.3) is 0 Å². The van der Waals surface area contributed by atoms with Gasteiger partial charge in [-0.15, -0.1) is 0 Å². The molecule has 0 spiro atoms. The fourth-order valence-corrected chi connectivity index (χ4v) is 6.94. The van der Waals surface area contributed by atoms with Crippen molar-refractivity contribution in [2.45, 2.75) is 224 Å². The second kappa shape index (κ2) is 34.1. The van der Waals surface area contributed by atoms with Gasteiger partial charge in [-0.3, -0.25) is 19.2 Å². The Hall–Kier alpha value is -3.39. The van der Waals surface area contributed by atoms with Crippen LogP contribution in [-0.2, 0) is 70.3 Å². The first-order valence-corrected chi connectivity index (χ1v) is 25.8. The van der Waals surface area contributed by atoms with Crippen molar-refractivity contribution >= 4 is 29.1 Å². The van der Waals surface area contributed by atoms with E-state index in [1.807, 2.05) is 85.7 Å². The number of carbonyl (C=O) groups is 5. The molecule has 0 heterocycles. The molecule has 8 unspecified atom stereocenters. The largest absolute Gasteiger partial charge is 0.460 e. The van der Waals surface area contributed by atoms with E-state index in [1.54, 1.807) is 13.8 Å². The molecule has 1 aromatic rings. The van der Waals surface area contributed by atoms with Crippen LogP contribution in [0, 0.1) is 22.7 Å². The molecule has 0 aromatic heterocycles. The Balaban J connectivity index is 2.34. The average molecular weight is 971 g/mol. The van der Waals surface area contributed by atoms with E-state index in [9.17, 15) is 24.0 Å². The molecule has 0 bridgehead atoms. The highest BCUT2D eigenvalue weighted by atomic mass is 16.6. The lowest BCUT2D eigenvalue weighted by atomic mass is 9.82. The molecule has 12 heteroatoms. The van der Waals surface area contributed by atoms with Crippen molar-refractivity contribution in [2.75, 3.05) is 26.4 Å². The zero-order valence-corrected chi connectivity index (χ0v) is 45.5. The summed E-state index contributed by atoms with van der Waals surface area (Å²) in [5, 5.41) is 0. The van der Waals surface area contributed by atoms with Gasteiger partial charge in [-0.25, -0.2) is 4.79 Å². The lowest BCUT2D eigenvalue weighted by molar-refractivity contribution is -0.141. The van der Waals surface area contributed by atoms with Crippen LogP contribution >= 0.6 is 0 Å². The minimum Gasteiger partial charge on any atom is -0.460 e. The topological polar surface area (TPSA) is 150 Å². The number of hydrogen-bond donors (Lipinski definition) is 0. The van der Waals surface area contributed by atoms with E-state index in [-0.39, 0.29) is 77.6 Å². The first-order valence-electron chi connectivity index (χ1n) is 25.8. The molecule has 0 radical (unpaired) electrons. The van der Waals surface area contributed by atoms with Crippen LogP contribution in [0.5, 0.6) is 0 Å². The molecule has 0 saturated heterocycles. The molecule has 0 N–H and O–H groups in total. The standard InChI is InChI=1S/C57H94O12/c1-16-34-63-44(7)37-68-55(62)18-17-33-56(12,13)47(10)64-35-31-41(4)19-28-52(59)45(8)66-38-49-22-24-50(25-23-49)39-67-46(9)53(60)29-20-42(5)32-36-65-48(11)57(14,15)54(61)30-27-51(58)26-21-43(6)69-40(2)3/h17-18,22-25,27,30,40-48H,16,19-21,26,28-29,31-39H2,1-15H3/b18-17+,30-27+. The van der Waals surface area contributed by atoms with Crippen LogP contribution in [0.1, 0.15) is 179 Å². The fourth-order valence-electron chi connectivity index (χ4n) is 6.94. The summed E-state index contributed by atoms with van der Waals surface area (Å²) in [6.07, 6.45) is 11.0. The van der Waals surface area contributed by atoms with Crippen molar-refractivity contribution < 1.29 is 57.1 Å². The van der Waals surface area contributed by atoms with Gasteiger partial charge < -0.3 is 33.2 Å². The van der Waals surface area contributed by atoms with Gasteiger partial charge in [0.2, 0.25) is 0 Å². The van der Waals surface area contributed by atoms with Crippen molar-refractivity contribution in [1.29, 1.82) is 0 Å². The number of hydrogen-bond acceptors (Lipinski definition) is 12. The average Bonchev–Trinajstić information content (AvgIpc) is 3.30. The zero-order valence-electron chi connectivity index (χ0n) is 45.5. The molecule has 1 rings (SSSR count). The lowest BCUT2D eigenvalue weighted by Gasteiger charge is -2.31. The van der Waals surface area contributed by atoms with Crippen molar-refractivity contribution in [3.63, 3.8) is 0 Å². The Morgan fingerprint density at radius 1 is 0.565 bits per heavy atom. The van der Waals surface area contributed by atoms with E-state index in [0.29, 0.717) is 77.5 Å². The summed E-state index contributed by atoms with van der Waals surface area (Å²) < 4.78 is 40.6. The molecule has 394 valence electrons. The van der Waals surface area contributed by atoms with Crippen LogP contribution < -0.4 is 0 Å². The second-order valence-electron chi connectivity index (χ2n) is 20.9. The minimum atomic E-state index is -0.800. The molecule has 0 aliphatic carbocycles. The molecule has 0 amide bonds. The molecule has 8 atom stereocenters. The molecule has 69 heavy (non-hydrogen) atoms. The van der Waals surface area contributed by atoms with Crippen molar-refractivity contribution in [1.82, 2.24) is 0 Å². The van der Waals surface area contributed by atoms with Crippen LogP contribution in [-0.4, -0.2) is 98.3 Å². The third-order valence-corrected chi connectivity index (χ3v) is 13.1. The highest BCUT2D eigenvalue weighted by Gasteiger charge is 2.33. The number of Topliss-reactive ketones (excluding diaryl/α,β-unsaturated/α-hetero) is 2. The van der Waals surface area contributed by atoms with E-state index in [0.717, 1.165) is 36.8 Å². The predicted octanol–water partition coefficient (Wildman–Crippen LogP) is 11.7. The zero-order chi connectivity index (χ0) is 52.2. The normalized spacial score (nSPS) is 16.0. The van der Waals surface area contributed by atoms with Crippen LogP contribution in [0.3, 0.4) is 0 Å². The summed E-state index contributed by atoms with van der Waals surface area (Å²) in [5.74, 6) is 0.0608. The van der Waals surface area contributed by atoms with E-state index in [1.165, 1.54) is 18.2 Å². The smallest absolute Gasteiger partial charge is 0.330 e. The molecular weight excluding hydrogens is 877 g/mol. The summed E-state index contributed by atoms with van der Waals surface area (Å²) in [6.45, 7) is 32.0. The number of rotatable bonds is 40. The van der Waals surface area contributed by atoms with Crippen LogP contribution in [0.2, 0.25) is 0 Å². The Labute approximate surface area is 417 Å². The SMILES string of the molecule is CCCOC(C)COC(=O)/C=C/CC(C)(C)C(C)OCCC(C)CCC(=O)C(C)OCc1ccc(COC(C)C(=O)CCC(C)CCOC(C)C(C)(C)C(=O)/C=C/C(=O)CCC(C)OC(C)C)cc1. The van der Waals surface area contributed by atoms with E-state index >= 15 is 0 Å². The highest BCUT2D eigenvalue weighted by Crippen LogP contribution is 2.29. The third-order valence-electron chi connectivity index (χ3n) is 13.1. The minimum absolute atomic E-state index is 0.0205. The highest BCUT2D eigenvalue weighted by molar-refractivity contribution is 6.01. The number of carbonyl (C=O) groups excluding carboxylic acids is 5. The second-order valence-corrected chi connectivity index (χ2v) is 20.9. The van der Waals surface area contributed by atoms with Crippen LogP contribution in [0.25, 0.3) is 0 Å². The monoisotopic (exact) mass is 971 g/mol. The number of allylic oxidation sites excluding steroid dienone is 3. The van der Waals surface area contributed by atoms with E-state index in [4.69, 9.17) is 33.2 Å². The summed E-state index contributed by atoms with van der Waals surface area (Å²) in [7, 11) is 0. The van der Waals surface area contributed by atoms with E-state index < -0.39 is 17.6 Å². The molecular formula is C57H94O12. The van der Waals surface area contributed by atoms with Gasteiger partial charge in [0.05, 0.1) is 49.1 Å². The van der Waals surface area contributed by atoms with Gasteiger partial charge in [-0.05, 0) is 141 Å². The van der Waals surface area contributed by atoms with Gasteiger partial charge in [0.1, 0.15) is 18.8 Å². The van der Waals surface area contributed by atoms with Gasteiger partial charge >= 0.3 is 5.97 Å². The summed E-state index contributed by atoms with van der Waals surface area (Å²) in [6, 6.07) is 7.81. The number of esters is 1. The van der Waals surface area contributed by atoms with E-state index in [2.05, 4.69) is 34.6 Å². The van der Waals surface area contributed by atoms with Gasteiger partial charge in [0.15, 0.2) is 23.1 Å². The Kier molecular flexibility index (Phi) is 31.4. The maximum atomic E-state index is 13.0. The molecule has 12 nitrogen and oxygen atoms in total. The summed E-state index contributed by atoms with van der Waals surface area (Å²) in [4.78, 5) is 63.3. The predicted molar refractivity (Wildman–Crippen MR) is 274 cm³/mol.